The molecule has 0 amide bonds. The molecule has 0 N–H and O–H groups in total. The van der Waals surface area contributed by atoms with Crippen molar-refractivity contribution in [2.75, 3.05) is 14.2 Å². The maximum absolute atomic E-state index is 12.6. The molecular formula is C30H50O7PSi2+. The molecule has 224 valence electrons. The number of benzene rings is 2. The summed E-state index contributed by atoms with van der Waals surface area (Å²) in [6.07, 6.45) is 0. The average Bonchev–Trinajstić information content (AvgIpc) is 2.82. The van der Waals surface area contributed by atoms with Gasteiger partial charge in [-0.15, -0.1) is 9.05 Å². The van der Waals surface area contributed by atoms with Crippen molar-refractivity contribution < 1.29 is 31.9 Å². The minimum absolute atomic E-state index is 0.0581. The molecule has 0 unspecified atom stereocenters. The number of aryl methyl sites for hydroxylation is 2. The van der Waals surface area contributed by atoms with Crippen LogP contribution in [0.4, 0.5) is 0 Å². The maximum Gasteiger partial charge on any atom is 0.698 e. The molecule has 10 heteroatoms. The van der Waals surface area contributed by atoms with E-state index < -0.39 is 24.9 Å². The molecule has 7 nitrogen and oxygen atoms in total. The molecule has 0 aliphatic rings. The summed E-state index contributed by atoms with van der Waals surface area (Å²) in [5, 5.41) is 0.116. The van der Waals surface area contributed by atoms with Crippen LogP contribution in [0.1, 0.15) is 63.8 Å². The second-order valence-electron chi connectivity index (χ2n) is 13.4. The highest BCUT2D eigenvalue weighted by atomic mass is 31.1. The van der Waals surface area contributed by atoms with E-state index in [0.717, 1.165) is 33.8 Å². The van der Waals surface area contributed by atoms with Crippen LogP contribution in [0.3, 0.4) is 0 Å². The summed E-state index contributed by atoms with van der Waals surface area (Å²) in [5.74, 6) is 2.79. The molecule has 0 aliphatic heterocycles. The van der Waals surface area contributed by atoms with Crippen LogP contribution in [-0.4, -0.2) is 30.9 Å². The molecular weight excluding hydrogens is 559 g/mol. The van der Waals surface area contributed by atoms with Gasteiger partial charge in [-0.2, -0.15) is 0 Å². The Kier molecular flexibility index (Phi) is 11.1. The maximum atomic E-state index is 12.6. The molecule has 0 aliphatic carbocycles. The van der Waals surface area contributed by atoms with E-state index in [-0.39, 0.29) is 23.3 Å². The third kappa shape index (κ3) is 8.55. The van der Waals surface area contributed by atoms with Gasteiger partial charge in [0.1, 0.15) is 24.7 Å². The second kappa shape index (κ2) is 12.9. The minimum atomic E-state index is -2.35. The summed E-state index contributed by atoms with van der Waals surface area (Å²) in [6.45, 7) is 26.2. The molecule has 0 radical (unpaired) electrons. The molecule has 2 aromatic rings. The zero-order valence-corrected chi connectivity index (χ0v) is 29.9. The Morgan fingerprint density at radius 3 is 1.25 bits per heavy atom. The highest BCUT2D eigenvalue weighted by molar-refractivity contribution is 7.33. The molecule has 0 heterocycles. The SMILES string of the molecule is COc1cc(CO[P+](=O)OCc2cc(C)c(O[Si](C)(C)C(C)(C)C)c(OC)c2)cc(C)c1O[Si](C)(C)C(C)(C)C. The highest BCUT2D eigenvalue weighted by Crippen LogP contribution is 2.44. The Balaban J connectivity index is 2.08. The fraction of sp³-hybridized carbons (Fsp3) is 0.600. The quantitative estimate of drug-likeness (QED) is 0.175. The summed E-state index contributed by atoms with van der Waals surface area (Å²) in [6, 6.07) is 7.69. The summed E-state index contributed by atoms with van der Waals surface area (Å²) < 4.78 is 48.1. The van der Waals surface area contributed by atoms with E-state index in [4.69, 9.17) is 27.4 Å². The van der Waals surface area contributed by atoms with Crippen LogP contribution in [0.5, 0.6) is 23.0 Å². The lowest BCUT2D eigenvalue weighted by Gasteiger charge is -2.37. The molecule has 0 spiro atoms. The molecule has 0 saturated heterocycles. The minimum Gasteiger partial charge on any atom is -0.541 e. The lowest BCUT2D eigenvalue weighted by Crippen LogP contribution is -2.44. The van der Waals surface area contributed by atoms with E-state index in [2.05, 4.69) is 67.7 Å². The van der Waals surface area contributed by atoms with Crippen molar-refractivity contribution in [2.45, 2.75) is 105 Å². The summed E-state index contributed by atoms with van der Waals surface area (Å²) in [5.41, 5.74) is 3.55. The predicted molar refractivity (Wildman–Crippen MR) is 168 cm³/mol. The Morgan fingerprint density at radius 1 is 0.650 bits per heavy atom. The molecule has 0 bridgehead atoms. The molecule has 40 heavy (non-hydrogen) atoms. The van der Waals surface area contributed by atoms with Gasteiger partial charge < -0.3 is 18.3 Å². The molecule has 0 atom stereocenters. The van der Waals surface area contributed by atoms with Gasteiger partial charge in [0.25, 0.3) is 16.6 Å². The lowest BCUT2D eigenvalue weighted by atomic mass is 10.1. The van der Waals surface area contributed by atoms with E-state index in [1.165, 1.54) is 0 Å². The monoisotopic (exact) mass is 609 g/mol. The van der Waals surface area contributed by atoms with Crippen molar-refractivity contribution in [3.8, 4) is 23.0 Å². The topological polar surface area (TPSA) is 72.5 Å². The van der Waals surface area contributed by atoms with Crippen LogP contribution < -0.4 is 18.3 Å². The zero-order chi connectivity index (χ0) is 30.7. The highest BCUT2D eigenvalue weighted by Gasteiger charge is 2.41. The third-order valence-electron chi connectivity index (χ3n) is 8.04. The van der Waals surface area contributed by atoms with Crippen molar-refractivity contribution in [3.05, 3.63) is 46.5 Å². The molecule has 2 rings (SSSR count). The van der Waals surface area contributed by atoms with Gasteiger partial charge in [0.2, 0.25) is 0 Å². The van der Waals surface area contributed by atoms with Gasteiger partial charge in [0, 0.05) is 4.57 Å². The zero-order valence-electron chi connectivity index (χ0n) is 27.0. The fourth-order valence-electron chi connectivity index (χ4n) is 3.47. The number of hydrogen-bond acceptors (Lipinski definition) is 7. The number of rotatable bonds is 12. The number of hydrogen-bond donors (Lipinski definition) is 0. The van der Waals surface area contributed by atoms with Crippen molar-refractivity contribution in [2.24, 2.45) is 0 Å². The molecule has 0 fully saturated rings. The first-order chi connectivity index (χ1) is 18.2. The first-order valence-corrected chi connectivity index (χ1v) is 20.6. The van der Waals surface area contributed by atoms with Crippen LogP contribution in [-0.2, 0) is 26.8 Å². The van der Waals surface area contributed by atoms with Gasteiger partial charge in [-0.3, -0.25) is 0 Å². The van der Waals surface area contributed by atoms with Gasteiger partial charge in [-0.1, -0.05) is 41.5 Å². The van der Waals surface area contributed by atoms with Gasteiger partial charge in [-0.25, -0.2) is 0 Å². The largest absolute Gasteiger partial charge is 0.698 e. The fourth-order valence-corrected chi connectivity index (χ4v) is 6.21. The normalized spacial score (nSPS) is 12.8. The molecule has 0 saturated carbocycles. The first-order valence-electron chi connectivity index (χ1n) is 13.7. The van der Waals surface area contributed by atoms with Crippen molar-refractivity contribution in [3.63, 3.8) is 0 Å². The first kappa shape index (κ1) is 34.3. The molecule has 0 aromatic heterocycles. The van der Waals surface area contributed by atoms with Crippen LogP contribution in [0.15, 0.2) is 24.3 Å². The Bertz CT molecular complexity index is 1110. The van der Waals surface area contributed by atoms with Crippen LogP contribution >= 0.6 is 8.25 Å². The number of ether oxygens (including phenoxy) is 2. The van der Waals surface area contributed by atoms with Gasteiger partial charge in [0.15, 0.2) is 11.5 Å². The summed E-state index contributed by atoms with van der Waals surface area (Å²) in [7, 11) is -3.19. The molecule has 2 aromatic carbocycles. The van der Waals surface area contributed by atoms with Crippen LogP contribution in [0.2, 0.25) is 36.3 Å². The van der Waals surface area contributed by atoms with E-state index in [1.807, 2.05) is 38.1 Å². The van der Waals surface area contributed by atoms with Gasteiger partial charge in [-0.05, 0) is 96.6 Å². The van der Waals surface area contributed by atoms with Gasteiger partial charge in [0.05, 0.1) is 14.2 Å². The second-order valence-corrected chi connectivity index (χ2v) is 23.8. The van der Waals surface area contributed by atoms with E-state index >= 15 is 0 Å². The standard InChI is InChI=1S/C30H50O7PSi2/c1-21-15-23(17-25(32-9)27(21)36-39(11,12)29(3,4)5)19-34-38(31)35-20-24-16-22(2)28(26(18-24)33-10)37-40(13,14)30(6,7)8/h15-18H,19-20H2,1-14H3/q+1. The van der Waals surface area contributed by atoms with Crippen LogP contribution in [0, 0.1) is 13.8 Å². The average molecular weight is 610 g/mol. The van der Waals surface area contributed by atoms with Crippen molar-refractivity contribution >= 4 is 24.9 Å². The third-order valence-corrected chi connectivity index (χ3v) is 17.4. The Labute approximate surface area is 245 Å². The summed E-state index contributed by atoms with van der Waals surface area (Å²) >= 11 is 0. The van der Waals surface area contributed by atoms with Crippen molar-refractivity contribution in [1.82, 2.24) is 0 Å². The summed E-state index contributed by atoms with van der Waals surface area (Å²) in [4.78, 5) is 0. The van der Waals surface area contributed by atoms with E-state index in [1.54, 1.807) is 14.2 Å². The van der Waals surface area contributed by atoms with E-state index in [0.29, 0.717) is 11.5 Å². The Morgan fingerprint density at radius 2 is 0.975 bits per heavy atom. The van der Waals surface area contributed by atoms with Crippen molar-refractivity contribution in [1.29, 1.82) is 0 Å². The lowest BCUT2D eigenvalue weighted by molar-refractivity contribution is 0.212. The smallest absolute Gasteiger partial charge is 0.541 e. The predicted octanol–water partition coefficient (Wildman–Crippen LogP) is 9.48. The van der Waals surface area contributed by atoms with Crippen LogP contribution in [0.25, 0.3) is 0 Å². The van der Waals surface area contributed by atoms with E-state index in [9.17, 15) is 4.57 Å². The Hall–Kier alpha value is -1.91. The number of methoxy groups -OCH3 is 2. The van der Waals surface area contributed by atoms with Gasteiger partial charge >= 0.3 is 8.25 Å².